The molecule has 0 saturated heterocycles. The van der Waals surface area contributed by atoms with E-state index in [9.17, 15) is 23.2 Å². The molecule has 1 heterocycles. The van der Waals surface area contributed by atoms with Gasteiger partial charge in [0.05, 0.1) is 35.0 Å². The van der Waals surface area contributed by atoms with Crippen LogP contribution < -0.4 is 0 Å². The first-order valence-electron chi connectivity index (χ1n) is 8.84. The Hall–Kier alpha value is -2.77. The smallest absolute Gasteiger partial charge is 0.416 e. The van der Waals surface area contributed by atoms with Crippen molar-refractivity contribution < 1.29 is 22.7 Å². The number of nitriles is 1. The lowest BCUT2D eigenvalue weighted by Gasteiger charge is -2.15. The van der Waals surface area contributed by atoms with Crippen LogP contribution in [0.1, 0.15) is 36.1 Å². The Balaban J connectivity index is 2.89. The van der Waals surface area contributed by atoms with Crippen molar-refractivity contribution in [3.63, 3.8) is 0 Å². The number of nitrogens with zero attached hydrogens (tertiary/aromatic N) is 5. The summed E-state index contributed by atoms with van der Waals surface area (Å²) < 4.78 is 45.2. The van der Waals surface area contributed by atoms with Crippen molar-refractivity contribution in [2.24, 2.45) is 4.99 Å². The van der Waals surface area contributed by atoms with Crippen molar-refractivity contribution in [3.05, 3.63) is 39.0 Å². The van der Waals surface area contributed by atoms with Gasteiger partial charge in [0.2, 0.25) is 0 Å². The quantitative estimate of drug-likeness (QED) is 0.335. The molecule has 2 rings (SSSR count). The van der Waals surface area contributed by atoms with Crippen LogP contribution in [0, 0.1) is 11.3 Å². The summed E-state index contributed by atoms with van der Waals surface area (Å²) in [5.41, 5.74) is -1.15. The third kappa shape index (κ3) is 5.11. The second kappa shape index (κ2) is 9.58. The lowest BCUT2D eigenvalue weighted by molar-refractivity contribution is -0.142. The number of aliphatic imine (C=N–C) groups is 1. The summed E-state index contributed by atoms with van der Waals surface area (Å²) in [5.74, 6) is -1.50. The first-order valence-corrected chi connectivity index (χ1v) is 9.59. The molecule has 0 amide bonds. The molecule has 0 radical (unpaired) electrons. The zero-order chi connectivity index (χ0) is 23.5. The van der Waals surface area contributed by atoms with E-state index in [0.29, 0.717) is 12.1 Å². The highest BCUT2D eigenvalue weighted by atomic mass is 35.5. The zero-order valence-corrected chi connectivity index (χ0v) is 18.5. The molecular formula is C19H18Cl2F3N5O2. The Bertz CT molecular complexity index is 1040. The van der Waals surface area contributed by atoms with Crippen molar-refractivity contribution >= 4 is 41.3 Å². The number of methoxy groups -OCH3 is 1. The fraction of sp³-hybridized carbons (Fsp3) is 0.368. The molecule has 31 heavy (non-hydrogen) atoms. The molecule has 0 N–H and O–H groups in total. The second-order valence-electron chi connectivity index (χ2n) is 6.59. The molecule has 12 heteroatoms. The van der Waals surface area contributed by atoms with Gasteiger partial charge in [-0.25, -0.2) is 9.67 Å². The van der Waals surface area contributed by atoms with Crippen LogP contribution in [0.4, 0.5) is 19.0 Å². The number of halogens is 5. The van der Waals surface area contributed by atoms with Gasteiger partial charge in [-0.15, -0.1) is 0 Å². The number of hydrogen-bond acceptors (Lipinski definition) is 5. The van der Waals surface area contributed by atoms with Crippen LogP contribution in [-0.4, -0.2) is 48.2 Å². The SMILES string of the molecule is CCC(C(=O)OC)c1c(C#N)nn(-c2c(Cl)cc(C(F)(F)F)cc2Cl)c1N=CN(C)C. The van der Waals surface area contributed by atoms with Crippen LogP contribution in [0.2, 0.25) is 10.0 Å². The molecule has 0 aliphatic rings. The Morgan fingerprint density at radius 3 is 2.39 bits per heavy atom. The Morgan fingerprint density at radius 1 is 1.39 bits per heavy atom. The summed E-state index contributed by atoms with van der Waals surface area (Å²) >= 11 is 12.3. The number of benzene rings is 1. The number of rotatable bonds is 6. The Kier molecular flexibility index (Phi) is 7.57. The van der Waals surface area contributed by atoms with E-state index in [0.717, 1.165) is 4.68 Å². The summed E-state index contributed by atoms with van der Waals surface area (Å²) in [6.45, 7) is 1.71. The first kappa shape index (κ1) is 24.5. The molecule has 0 saturated carbocycles. The predicted molar refractivity (Wildman–Crippen MR) is 110 cm³/mol. The van der Waals surface area contributed by atoms with Crippen molar-refractivity contribution in [1.29, 1.82) is 5.26 Å². The monoisotopic (exact) mass is 475 g/mol. The van der Waals surface area contributed by atoms with E-state index in [1.807, 2.05) is 6.07 Å². The molecule has 2 aromatic rings. The van der Waals surface area contributed by atoms with Crippen LogP contribution in [0.5, 0.6) is 0 Å². The number of carbonyl (C=O) groups is 1. The number of ether oxygens (including phenoxy) is 1. The van der Waals surface area contributed by atoms with Crippen molar-refractivity contribution in [1.82, 2.24) is 14.7 Å². The average Bonchev–Trinajstić information content (AvgIpc) is 3.03. The van der Waals surface area contributed by atoms with Gasteiger partial charge in [-0.1, -0.05) is 30.1 Å². The fourth-order valence-corrected chi connectivity index (χ4v) is 3.48. The van der Waals surface area contributed by atoms with E-state index in [-0.39, 0.29) is 39.2 Å². The molecule has 0 aliphatic carbocycles. The van der Waals surface area contributed by atoms with Gasteiger partial charge in [-0.05, 0) is 18.6 Å². The van der Waals surface area contributed by atoms with E-state index in [4.69, 9.17) is 27.9 Å². The minimum atomic E-state index is -4.66. The summed E-state index contributed by atoms with van der Waals surface area (Å²) in [6, 6.07) is 3.29. The summed E-state index contributed by atoms with van der Waals surface area (Å²) in [4.78, 5) is 18.2. The van der Waals surface area contributed by atoms with Gasteiger partial charge in [0.25, 0.3) is 0 Å². The van der Waals surface area contributed by atoms with Crippen molar-refractivity contribution in [3.8, 4) is 11.8 Å². The highest BCUT2D eigenvalue weighted by Gasteiger charge is 2.34. The third-order valence-electron chi connectivity index (χ3n) is 4.21. The maximum absolute atomic E-state index is 13.1. The topological polar surface area (TPSA) is 83.5 Å². The number of esters is 1. The minimum Gasteiger partial charge on any atom is -0.469 e. The number of hydrogen-bond donors (Lipinski definition) is 0. The van der Waals surface area contributed by atoms with Crippen LogP contribution >= 0.6 is 23.2 Å². The third-order valence-corrected chi connectivity index (χ3v) is 4.79. The molecule has 1 atom stereocenters. The van der Waals surface area contributed by atoms with E-state index in [2.05, 4.69) is 10.1 Å². The minimum absolute atomic E-state index is 0.0195. The van der Waals surface area contributed by atoms with Crippen LogP contribution in [0.3, 0.4) is 0 Å². The van der Waals surface area contributed by atoms with Gasteiger partial charge in [-0.3, -0.25) is 4.79 Å². The van der Waals surface area contributed by atoms with Crippen LogP contribution in [0.25, 0.3) is 5.69 Å². The fourth-order valence-electron chi connectivity index (χ4n) is 2.84. The molecular weight excluding hydrogens is 458 g/mol. The van der Waals surface area contributed by atoms with E-state index < -0.39 is 23.6 Å². The van der Waals surface area contributed by atoms with Crippen molar-refractivity contribution in [2.75, 3.05) is 21.2 Å². The van der Waals surface area contributed by atoms with Gasteiger partial charge in [0.1, 0.15) is 11.8 Å². The van der Waals surface area contributed by atoms with Gasteiger partial charge in [0.15, 0.2) is 11.5 Å². The lowest BCUT2D eigenvalue weighted by Crippen LogP contribution is -2.15. The predicted octanol–water partition coefficient (Wildman–Crippen LogP) is 4.96. The van der Waals surface area contributed by atoms with Gasteiger partial charge < -0.3 is 9.64 Å². The molecule has 1 aromatic heterocycles. The Morgan fingerprint density at radius 2 is 1.97 bits per heavy atom. The molecule has 0 fully saturated rings. The molecule has 1 aromatic carbocycles. The molecule has 0 aliphatic heterocycles. The molecule has 1 unspecified atom stereocenters. The Labute approximate surface area is 186 Å². The van der Waals surface area contributed by atoms with Gasteiger partial charge in [0, 0.05) is 19.7 Å². The van der Waals surface area contributed by atoms with Gasteiger partial charge in [-0.2, -0.15) is 23.5 Å². The van der Waals surface area contributed by atoms with Crippen LogP contribution in [0.15, 0.2) is 17.1 Å². The molecule has 7 nitrogen and oxygen atoms in total. The highest BCUT2D eigenvalue weighted by Crippen LogP contribution is 2.41. The summed E-state index contributed by atoms with van der Waals surface area (Å²) in [5, 5.41) is 13.0. The van der Waals surface area contributed by atoms with Crippen LogP contribution in [-0.2, 0) is 15.7 Å². The summed E-state index contributed by atoms with van der Waals surface area (Å²) in [7, 11) is 4.57. The number of aromatic nitrogens is 2. The number of carbonyl (C=O) groups excluding carboxylic acids is 1. The first-order chi connectivity index (χ1) is 14.5. The normalized spacial score (nSPS) is 12.6. The lowest BCUT2D eigenvalue weighted by atomic mass is 9.96. The highest BCUT2D eigenvalue weighted by molar-refractivity contribution is 6.38. The number of alkyl halides is 3. The molecule has 0 bridgehead atoms. The standard InChI is InChI=1S/C19H18Cl2F3N5O2/c1-5-11(18(30)31-4)15-14(8-25)27-29(17(15)26-9-28(2)3)16-12(20)6-10(7-13(16)21)19(22,23)24/h6-7,9,11H,5H2,1-4H3. The zero-order valence-electron chi connectivity index (χ0n) is 17.0. The molecule has 0 spiro atoms. The maximum Gasteiger partial charge on any atom is 0.416 e. The van der Waals surface area contributed by atoms with Crippen molar-refractivity contribution in [2.45, 2.75) is 25.4 Å². The summed E-state index contributed by atoms with van der Waals surface area (Å²) in [6.07, 6.45) is -3.02. The van der Waals surface area contributed by atoms with E-state index in [1.54, 1.807) is 25.9 Å². The second-order valence-corrected chi connectivity index (χ2v) is 7.40. The maximum atomic E-state index is 13.1. The van der Waals surface area contributed by atoms with Gasteiger partial charge >= 0.3 is 12.1 Å². The van der Waals surface area contributed by atoms with E-state index in [1.165, 1.54) is 13.4 Å². The largest absolute Gasteiger partial charge is 0.469 e. The van der Waals surface area contributed by atoms with E-state index >= 15 is 0 Å². The molecule has 166 valence electrons. The average molecular weight is 476 g/mol.